The summed E-state index contributed by atoms with van der Waals surface area (Å²) in [5.74, 6) is 0.631. The van der Waals surface area contributed by atoms with Crippen LogP contribution < -0.4 is 0 Å². The van der Waals surface area contributed by atoms with Gasteiger partial charge in [-0.2, -0.15) is 0 Å². The molecule has 1 fully saturated rings. The number of hydrogen-bond acceptors (Lipinski definition) is 1. The molecule has 1 aliphatic carbocycles. The maximum absolute atomic E-state index is 11.1. The smallest absolute Gasteiger partial charge is 0.278 e. The Morgan fingerprint density at radius 2 is 2.00 bits per heavy atom. The van der Waals surface area contributed by atoms with Crippen molar-refractivity contribution in [2.24, 2.45) is 5.92 Å². The highest BCUT2D eigenvalue weighted by atomic mass is 16.1. The fraction of sp³-hybridized carbons (Fsp3) is 0.818. The summed E-state index contributed by atoms with van der Waals surface area (Å²) in [6, 6.07) is 2.86. The van der Waals surface area contributed by atoms with E-state index >= 15 is 0 Å². The molecule has 13 heavy (non-hydrogen) atoms. The van der Waals surface area contributed by atoms with Gasteiger partial charge in [0.2, 0.25) is 0 Å². The average Bonchev–Trinajstić information content (AvgIpc) is 2.05. The van der Waals surface area contributed by atoms with E-state index in [0.29, 0.717) is 11.7 Å². The van der Waals surface area contributed by atoms with E-state index in [1.54, 1.807) is 6.92 Å². The average molecular weight is 180 g/mol. The second kappa shape index (κ2) is 3.91. The molecule has 0 aromatic rings. The Morgan fingerprint density at radius 1 is 1.46 bits per heavy atom. The second-order valence-corrected chi connectivity index (χ2v) is 4.22. The fourth-order valence-electron chi connectivity index (χ4n) is 2.03. The summed E-state index contributed by atoms with van der Waals surface area (Å²) in [6.45, 7) is 5.69. The van der Waals surface area contributed by atoms with Crippen LogP contribution in [-0.2, 0) is 4.79 Å². The Bertz CT molecular complexity index is 251. The number of nitrogens with zero attached hydrogens (tertiary/aromatic N) is 1. The summed E-state index contributed by atoms with van der Waals surface area (Å²) in [6.07, 6.45) is 4.05. The van der Waals surface area contributed by atoms with Crippen LogP contribution in [0.4, 0.5) is 0 Å². The molecule has 1 rings (SSSR count). The third kappa shape index (κ3) is 2.55. The van der Waals surface area contributed by atoms with Gasteiger partial charge >= 0.3 is 0 Å². The molecule has 1 saturated carbocycles. The maximum Gasteiger partial charge on any atom is 0.278 e. The third-order valence-corrected chi connectivity index (χ3v) is 3.02. The Hall–Kier alpha value is -0.840. The van der Waals surface area contributed by atoms with E-state index in [2.05, 4.69) is 17.8 Å². The summed E-state index contributed by atoms with van der Waals surface area (Å²) in [5, 5.41) is 0. The minimum Gasteiger partial charge on any atom is -0.300 e. The molecule has 0 heterocycles. The first kappa shape index (κ1) is 10.2. The van der Waals surface area contributed by atoms with Crippen LogP contribution in [0.3, 0.4) is 0 Å². The van der Waals surface area contributed by atoms with Crippen LogP contribution in [0.25, 0.3) is 4.85 Å². The number of carbonyl (C=O) groups excluding carboxylic acids is 1. The molecular weight excluding hydrogens is 162 g/mol. The van der Waals surface area contributed by atoms with E-state index in [-0.39, 0.29) is 5.54 Å². The van der Waals surface area contributed by atoms with Crippen molar-refractivity contribution in [3.05, 3.63) is 4.85 Å². The summed E-state index contributed by atoms with van der Waals surface area (Å²) in [5.41, 5.74) is 0.0562. The standard InChI is InChI=1S/C11H18NO/c1-4-12-11(3)7-5-10(6-8-11)9(2)13/h10H,5-8H2,1-3H3/q+1. The summed E-state index contributed by atoms with van der Waals surface area (Å²) >= 11 is 0. The van der Waals surface area contributed by atoms with Gasteiger partial charge in [-0.3, -0.25) is 4.79 Å². The van der Waals surface area contributed by atoms with E-state index in [1.807, 2.05) is 6.92 Å². The van der Waals surface area contributed by atoms with Crippen LogP contribution in [0.5, 0.6) is 0 Å². The van der Waals surface area contributed by atoms with Crippen molar-refractivity contribution >= 4 is 5.78 Å². The summed E-state index contributed by atoms with van der Waals surface area (Å²) < 4.78 is 0. The SMILES string of the molecule is CC#[N+]C1(C)CCC(C(C)=O)CC1. The molecule has 0 aromatic carbocycles. The fourth-order valence-corrected chi connectivity index (χ4v) is 2.03. The lowest BCUT2D eigenvalue weighted by Gasteiger charge is -2.24. The second-order valence-electron chi connectivity index (χ2n) is 4.22. The molecule has 0 radical (unpaired) electrons. The molecule has 0 atom stereocenters. The predicted molar refractivity (Wildman–Crippen MR) is 54.0 cm³/mol. The Kier molecular flexibility index (Phi) is 3.08. The summed E-state index contributed by atoms with van der Waals surface area (Å²) in [4.78, 5) is 15.5. The van der Waals surface area contributed by atoms with Gasteiger partial charge < -0.3 is 0 Å². The van der Waals surface area contributed by atoms with Gasteiger partial charge in [0.15, 0.2) is 0 Å². The zero-order chi connectivity index (χ0) is 9.90. The largest absolute Gasteiger partial charge is 0.300 e. The highest BCUT2D eigenvalue weighted by molar-refractivity contribution is 5.78. The molecule has 0 saturated heterocycles. The molecule has 0 bridgehead atoms. The van der Waals surface area contributed by atoms with Gasteiger partial charge in [0.1, 0.15) is 5.78 Å². The van der Waals surface area contributed by atoms with Crippen molar-refractivity contribution in [2.45, 2.75) is 52.0 Å². The lowest BCUT2D eigenvalue weighted by Crippen LogP contribution is -2.29. The number of Topliss-reactive ketones (excluding diaryl/α,β-unsaturated/α-hetero) is 1. The third-order valence-electron chi connectivity index (χ3n) is 3.02. The topological polar surface area (TPSA) is 21.4 Å². The number of carbonyl (C=O) groups is 1. The highest BCUT2D eigenvalue weighted by Crippen LogP contribution is 2.35. The van der Waals surface area contributed by atoms with E-state index in [9.17, 15) is 4.79 Å². The van der Waals surface area contributed by atoms with Crippen LogP contribution in [-0.4, -0.2) is 11.3 Å². The van der Waals surface area contributed by atoms with Gasteiger partial charge in [0.05, 0.1) is 6.92 Å². The molecule has 1 aliphatic rings. The van der Waals surface area contributed by atoms with Crippen molar-refractivity contribution in [1.82, 2.24) is 0 Å². The predicted octanol–water partition coefficient (Wildman–Crippen LogP) is 2.88. The Balaban J connectivity index is 2.54. The van der Waals surface area contributed by atoms with Gasteiger partial charge in [-0.1, -0.05) is 4.85 Å². The van der Waals surface area contributed by atoms with Gasteiger partial charge in [-0.25, -0.2) is 0 Å². The molecule has 72 valence electrons. The van der Waals surface area contributed by atoms with Gasteiger partial charge in [0, 0.05) is 25.7 Å². The zero-order valence-electron chi connectivity index (χ0n) is 8.76. The number of rotatable bonds is 1. The van der Waals surface area contributed by atoms with E-state index in [1.165, 1.54) is 0 Å². The molecule has 2 heteroatoms. The first-order valence-electron chi connectivity index (χ1n) is 4.96. The van der Waals surface area contributed by atoms with Crippen molar-refractivity contribution in [3.8, 4) is 6.07 Å². The normalized spacial score (nSPS) is 33.3. The Morgan fingerprint density at radius 3 is 2.38 bits per heavy atom. The summed E-state index contributed by atoms with van der Waals surface area (Å²) in [7, 11) is 0. The van der Waals surface area contributed by atoms with Crippen LogP contribution in [0, 0.1) is 12.0 Å². The highest BCUT2D eigenvalue weighted by Gasteiger charge is 2.40. The molecule has 0 N–H and O–H groups in total. The first-order chi connectivity index (χ1) is 6.07. The first-order valence-corrected chi connectivity index (χ1v) is 4.96. The van der Waals surface area contributed by atoms with Gasteiger partial charge in [0.25, 0.3) is 11.6 Å². The molecule has 0 unspecified atom stereocenters. The lowest BCUT2D eigenvalue weighted by molar-refractivity contribution is -0.121. The van der Waals surface area contributed by atoms with Crippen molar-refractivity contribution in [1.29, 1.82) is 0 Å². The molecule has 0 aromatic heterocycles. The van der Waals surface area contributed by atoms with Crippen molar-refractivity contribution in [2.75, 3.05) is 0 Å². The van der Waals surface area contributed by atoms with Crippen molar-refractivity contribution in [3.63, 3.8) is 0 Å². The molecule has 0 aliphatic heterocycles. The van der Waals surface area contributed by atoms with Crippen molar-refractivity contribution < 1.29 is 4.79 Å². The van der Waals surface area contributed by atoms with Gasteiger partial charge in [-0.05, 0) is 19.8 Å². The molecule has 0 spiro atoms. The van der Waals surface area contributed by atoms with Crippen LogP contribution in [0.15, 0.2) is 0 Å². The maximum atomic E-state index is 11.1. The lowest BCUT2D eigenvalue weighted by atomic mass is 9.77. The monoisotopic (exact) mass is 180 g/mol. The quantitative estimate of drug-likeness (QED) is 0.608. The molecule has 0 amide bonds. The minimum absolute atomic E-state index is 0.0562. The number of ketones is 1. The minimum atomic E-state index is 0.0562. The Labute approximate surface area is 80.1 Å². The van der Waals surface area contributed by atoms with Gasteiger partial charge in [-0.15, -0.1) is 0 Å². The number of hydrogen-bond donors (Lipinski definition) is 0. The van der Waals surface area contributed by atoms with Crippen LogP contribution in [0.2, 0.25) is 0 Å². The van der Waals surface area contributed by atoms with E-state index in [0.717, 1.165) is 25.7 Å². The molecule has 2 nitrogen and oxygen atoms in total. The molecular formula is C11H18NO+. The zero-order valence-corrected chi connectivity index (χ0v) is 8.76. The van der Waals surface area contributed by atoms with Crippen LogP contribution >= 0.6 is 0 Å². The van der Waals surface area contributed by atoms with E-state index < -0.39 is 0 Å². The van der Waals surface area contributed by atoms with Crippen LogP contribution in [0.1, 0.15) is 46.5 Å². The van der Waals surface area contributed by atoms with E-state index in [4.69, 9.17) is 0 Å².